The minimum Gasteiger partial charge on any atom is -0.394 e. The molecule has 0 aliphatic heterocycles. The number of rotatable bonds is 3. The van der Waals surface area contributed by atoms with Gasteiger partial charge in [0.25, 0.3) is 0 Å². The Kier molecular flexibility index (Phi) is 4.53. The zero-order valence-corrected chi connectivity index (χ0v) is 14.6. The molecule has 0 radical (unpaired) electrons. The first-order valence-corrected chi connectivity index (χ1v) is 8.33. The predicted octanol–water partition coefficient (Wildman–Crippen LogP) is 4.76. The Bertz CT molecular complexity index is 784. The van der Waals surface area contributed by atoms with Crippen molar-refractivity contribution >= 4 is 33.3 Å². The van der Waals surface area contributed by atoms with Crippen molar-refractivity contribution in [2.75, 3.05) is 11.9 Å². The van der Waals surface area contributed by atoms with Gasteiger partial charge in [0.05, 0.1) is 22.7 Å². The number of aliphatic hydroxyl groups is 1. The Hall–Kier alpha value is -1.31. The van der Waals surface area contributed by atoms with E-state index in [2.05, 4.69) is 26.2 Å². The molecule has 1 atom stereocenters. The molecule has 128 valence electrons. The van der Waals surface area contributed by atoms with Crippen LogP contribution in [0.25, 0.3) is 0 Å². The van der Waals surface area contributed by atoms with Gasteiger partial charge in [0.15, 0.2) is 0 Å². The fourth-order valence-electron chi connectivity index (χ4n) is 2.96. The number of fused-ring (bicyclic) bond motifs is 1. The molecule has 0 bridgehead atoms. The van der Waals surface area contributed by atoms with Crippen LogP contribution in [0.2, 0.25) is 5.02 Å². The number of halogens is 5. The summed E-state index contributed by atoms with van der Waals surface area (Å²) in [5.41, 5.74) is 0.235. The topological polar surface area (TPSA) is 45.1 Å². The third-order valence-corrected chi connectivity index (χ3v) is 4.98. The summed E-state index contributed by atoms with van der Waals surface area (Å²) in [4.78, 5) is 3.81. The summed E-state index contributed by atoms with van der Waals surface area (Å²) in [5, 5.41) is 12.9. The molecule has 24 heavy (non-hydrogen) atoms. The highest BCUT2D eigenvalue weighted by Crippen LogP contribution is 2.41. The smallest absolute Gasteiger partial charge is 0.394 e. The monoisotopic (exact) mass is 420 g/mol. The molecule has 0 spiro atoms. The molecule has 2 aromatic rings. The number of aryl methyl sites for hydroxylation is 1. The Morgan fingerprint density at radius 2 is 2.08 bits per heavy atom. The van der Waals surface area contributed by atoms with E-state index >= 15 is 0 Å². The lowest BCUT2D eigenvalue weighted by Gasteiger charge is -2.30. The highest BCUT2D eigenvalue weighted by Gasteiger charge is 2.39. The number of pyridine rings is 1. The number of anilines is 1. The molecule has 0 fully saturated rings. The Labute approximate surface area is 150 Å². The van der Waals surface area contributed by atoms with Crippen LogP contribution >= 0.6 is 27.5 Å². The van der Waals surface area contributed by atoms with Gasteiger partial charge < -0.3 is 10.4 Å². The van der Waals surface area contributed by atoms with Gasteiger partial charge in [0, 0.05) is 10.7 Å². The highest BCUT2D eigenvalue weighted by atomic mass is 79.9. The Balaban J connectivity index is 1.96. The molecule has 1 aliphatic carbocycles. The maximum atomic E-state index is 12.7. The third-order valence-electron chi connectivity index (χ3n) is 4.20. The maximum absolute atomic E-state index is 12.7. The van der Waals surface area contributed by atoms with E-state index in [1.807, 2.05) is 18.2 Å². The normalized spacial score (nSPS) is 20.1. The second kappa shape index (κ2) is 6.20. The summed E-state index contributed by atoms with van der Waals surface area (Å²) in [5.74, 6) is 0.120. The van der Waals surface area contributed by atoms with Gasteiger partial charge >= 0.3 is 6.18 Å². The maximum Gasteiger partial charge on any atom is 0.417 e. The average Bonchev–Trinajstić information content (AvgIpc) is 2.86. The van der Waals surface area contributed by atoms with Crippen molar-refractivity contribution in [3.63, 3.8) is 0 Å². The number of nitrogens with zero attached hydrogens (tertiary/aromatic N) is 1. The number of aliphatic hydroxyl groups excluding tert-OH is 1. The average molecular weight is 422 g/mol. The van der Waals surface area contributed by atoms with Crippen molar-refractivity contribution in [1.82, 2.24) is 4.98 Å². The second-order valence-corrected chi connectivity index (χ2v) is 7.04. The summed E-state index contributed by atoms with van der Waals surface area (Å²) in [6, 6.07) is 6.54. The third kappa shape index (κ3) is 3.12. The van der Waals surface area contributed by atoms with E-state index in [-0.39, 0.29) is 17.4 Å². The number of alkyl halides is 3. The van der Waals surface area contributed by atoms with Crippen molar-refractivity contribution in [2.45, 2.75) is 24.6 Å². The van der Waals surface area contributed by atoms with Crippen molar-refractivity contribution < 1.29 is 18.3 Å². The van der Waals surface area contributed by atoms with Gasteiger partial charge in [0.1, 0.15) is 5.82 Å². The van der Waals surface area contributed by atoms with Crippen molar-refractivity contribution in [3.05, 3.63) is 56.6 Å². The van der Waals surface area contributed by atoms with Crippen LogP contribution in [0.1, 0.15) is 23.1 Å². The van der Waals surface area contributed by atoms with E-state index in [0.717, 1.165) is 34.3 Å². The molecule has 0 saturated carbocycles. The molecule has 1 aromatic heterocycles. The van der Waals surface area contributed by atoms with Crippen LogP contribution in [0, 0.1) is 0 Å². The van der Waals surface area contributed by atoms with Crippen molar-refractivity contribution in [3.8, 4) is 0 Å². The lowest BCUT2D eigenvalue weighted by Crippen LogP contribution is -2.37. The van der Waals surface area contributed by atoms with E-state index in [1.54, 1.807) is 0 Å². The van der Waals surface area contributed by atoms with Crippen LogP contribution in [-0.2, 0) is 18.1 Å². The zero-order chi connectivity index (χ0) is 17.5. The molecule has 3 rings (SSSR count). The number of nitrogens with one attached hydrogen (secondary N) is 1. The summed E-state index contributed by atoms with van der Waals surface area (Å²) < 4.78 is 39.1. The molecule has 8 heteroatoms. The fourth-order valence-corrected chi connectivity index (χ4v) is 3.59. The van der Waals surface area contributed by atoms with Crippen LogP contribution < -0.4 is 5.32 Å². The zero-order valence-electron chi connectivity index (χ0n) is 12.3. The molecule has 1 aliphatic rings. The number of hydrogen-bond donors (Lipinski definition) is 2. The van der Waals surface area contributed by atoms with E-state index in [0.29, 0.717) is 6.42 Å². The first kappa shape index (κ1) is 17.5. The molecule has 0 saturated heterocycles. The molecule has 3 nitrogen and oxygen atoms in total. The standard InChI is InChI=1S/C16H13BrClF3N2O/c17-11-1-2-12-9(5-11)3-4-15(12,8-24)23-14-13(18)6-10(7-22-14)16(19,20)21/h1-2,5-7,24H,3-4,8H2,(H,22,23)/t15-/m1/s1. The molecule has 0 amide bonds. The number of benzene rings is 1. The fraction of sp³-hybridized carbons (Fsp3) is 0.312. The largest absolute Gasteiger partial charge is 0.417 e. The van der Waals surface area contributed by atoms with Crippen LogP contribution in [0.3, 0.4) is 0 Å². The van der Waals surface area contributed by atoms with Gasteiger partial charge in [-0.15, -0.1) is 0 Å². The van der Waals surface area contributed by atoms with E-state index in [9.17, 15) is 18.3 Å². The van der Waals surface area contributed by atoms with Crippen molar-refractivity contribution in [2.24, 2.45) is 0 Å². The quantitative estimate of drug-likeness (QED) is 0.751. The molecule has 1 aromatic carbocycles. The molecule has 0 unspecified atom stereocenters. The van der Waals surface area contributed by atoms with Gasteiger partial charge in [-0.25, -0.2) is 4.98 Å². The van der Waals surface area contributed by atoms with E-state index < -0.39 is 17.3 Å². The van der Waals surface area contributed by atoms with Gasteiger partial charge in [-0.3, -0.25) is 0 Å². The second-order valence-electron chi connectivity index (χ2n) is 5.72. The molecular weight excluding hydrogens is 409 g/mol. The summed E-state index contributed by atoms with van der Waals surface area (Å²) >= 11 is 9.38. The Morgan fingerprint density at radius 3 is 2.71 bits per heavy atom. The lowest BCUT2D eigenvalue weighted by molar-refractivity contribution is -0.137. The SMILES string of the molecule is OC[C@]1(Nc2ncc(C(F)(F)F)cc2Cl)CCc2cc(Br)ccc21. The van der Waals surface area contributed by atoms with Crippen LogP contribution in [0.5, 0.6) is 0 Å². The molecule has 1 heterocycles. The predicted molar refractivity (Wildman–Crippen MR) is 89.1 cm³/mol. The van der Waals surface area contributed by atoms with Crippen LogP contribution in [0.4, 0.5) is 19.0 Å². The summed E-state index contributed by atoms with van der Waals surface area (Å²) in [7, 11) is 0. The van der Waals surface area contributed by atoms with Crippen LogP contribution in [0.15, 0.2) is 34.9 Å². The van der Waals surface area contributed by atoms with E-state index in [4.69, 9.17) is 11.6 Å². The summed E-state index contributed by atoms with van der Waals surface area (Å²) in [6.45, 7) is -0.222. The van der Waals surface area contributed by atoms with Crippen molar-refractivity contribution in [1.29, 1.82) is 0 Å². The highest BCUT2D eigenvalue weighted by molar-refractivity contribution is 9.10. The molecule has 2 N–H and O–H groups in total. The lowest BCUT2D eigenvalue weighted by atomic mass is 9.92. The van der Waals surface area contributed by atoms with Crippen LogP contribution in [-0.4, -0.2) is 16.7 Å². The first-order valence-electron chi connectivity index (χ1n) is 7.16. The number of hydrogen-bond acceptors (Lipinski definition) is 3. The molecular formula is C16H13BrClF3N2O. The Morgan fingerprint density at radius 1 is 1.33 bits per heavy atom. The van der Waals surface area contributed by atoms with Gasteiger partial charge in [0.2, 0.25) is 0 Å². The first-order chi connectivity index (χ1) is 11.2. The van der Waals surface area contributed by atoms with E-state index in [1.165, 1.54) is 0 Å². The minimum absolute atomic E-state index is 0.120. The minimum atomic E-state index is -4.50. The van der Waals surface area contributed by atoms with Gasteiger partial charge in [-0.05, 0) is 42.2 Å². The number of aromatic nitrogens is 1. The van der Waals surface area contributed by atoms with Gasteiger partial charge in [-0.2, -0.15) is 13.2 Å². The summed E-state index contributed by atoms with van der Waals surface area (Å²) in [6.07, 6.45) is -2.44. The van der Waals surface area contributed by atoms with Gasteiger partial charge in [-0.1, -0.05) is 33.6 Å².